The SMILES string of the molecule is [C-]#[N+]/C(C#N)=C\c1ccc(-c2ccc3cc(-c4cc5sc(/C=C(\C#N)[N+]#[C-])cc5o4)n(CC)c3c2)o1. The van der Waals surface area contributed by atoms with Crippen molar-refractivity contribution in [2.45, 2.75) is 13.5 Å². The zero-order chi connectivity index (χ0) is 25.2. The lowest BCUT2D eigenvalue weighted by Gasteiger charge is -2.06. The summed E-state index contributed by atoms with van der Waals surface area (Å²) in [6, 6.07) is 19.3. The van der Waals surface area contributed by atoms with E-state index in [1.165, 1.54) is 17.4 Å². The number of hydrogen-bond acceptors (Lipinski definition) is 5. The van der Waals surface area contributed by atoms with Gasteiger partial charge in [-0.15, -0.1) is 11.3 Å². The zero-order valence-electron chi connectivity index (χ0n) is 18.9. The zero-order valence-corrected chi connectivity index (χ0v) is 19.8. The quantitative estimate of drug-likeness (QED) is 0.187. The highest BCUT2D eigenvalue weighted by molar-refractivity contribution is 7.19. The van der Waals surface area contributed by atoms with Crippen molar-refractivity contribution in [3.63, 3.8) is 0 Å². The molecule has 4 heterocycles. The molecule has 36 heavy (non-hydrogen) atoms. The number of nitriles is 2. The van der Waals surface area contributed by atoms with Crippen LogP contribution in [-0.4, -0.2) is 4.57 Å². The molecule has 0 aliphatic rings. The molecule has 8 heteroatoms. The summed E-state index contributed by atoms with van der Waals surface area (Å²) in [6.07, 6.45) is 2.99. The van der Waals surface area contributed by atoms with Crippen molar-refractivity contribution < 1.29 is 8.83 Å². The van der Waals surface area contributed by atoms with Gasteiger partial charge in [-0.2, -0.15) is 0 Å². The highest BCUT2D eigenvalue weighted by atomic mass is 32.1. The molecule has 7 nitrogen and oxygen atoms in total. The van der Waals surface area contributed by atoms with Gasteiger partial charge in [0.05, 0.1) is 35.7 Å². The second kappa shape index (κ2) is 9.16. The number of benzene rings is 1. The molecule has 5 aromatic rings. The molecule has 0 atom stereocenters. The number of fused-ring (bicyclic) bond motifs is 2. The van der Waals surface area contributed by atoms with Gasteiger partial charge in [0, 0.05) is 34.0 Å². The van der Waals surface area contributed by atoms with Crippen LogP contribution in [0.4, 0.5) is 0 Å². The average Bonchev–Trinajstić information content (AvgIpc) is 3.67. The molecule has 0 saturated heterocycles. The Bertz CT molecular complexity index is 1820. The van der Waals surface area contributed by atoms with Crippen molar-refractivity contribution in [3.05, 3.63) is 93.4 Å². The monoisotopic (exact) mass is 485 g/mol. The smallest absolute Gasteiger partial charge is 0.265 e. The van der Waals surface area contributed by atoms with Crippen LogP contribution < -0.4 is 0 Å². The van der Waals surface area contributed by atoms with Crippen molar-refractivity contribution >= 4 is 44.7 Å². The van der Waals surface area contributed by atoms with E-state index in [1.54, 1.807) is 12.1 Å². The van der Waals surface area contributed by atoms with Crippen molar-refractivity contribution in [3.8, 4) is 34.9 Å². The van der Waals surface area contributed by atoms with Gasteiger partial charge in [-0.3, -0.25) is 0 Å². The maximum atomic E-state index is 9.00. The number of nitrogens with zero attached hydrogens (tertiary/aromatic N) is 5. The minimum Gasteiger partial charge on any atom is -0.458 e. The van der Waals surface area contributed by atoms with Gasteiger partial charge in [-0.25, -0.2) is 20.2 Å². The van der Waals surface area contributed by atoms with E-state index < -0.39 is 0 Å². The molecule has 1 aromatic carbocycles. The van der Waals surface area contributed by atoms with E-state index >= 15 is 0 Å². The summed E-state index contributed by atoms with van der Waals surface area (Å²) in [5.74, 6) is 1.84. The van der Waals surface area contributed by atoms with Gasteiger partial charge >= 0.3 is 0 Å². The summed E-state index contributed by atoms with van der Waals surface area (Å²) in [6.45, 7) is 16.9. The first-order valence-corrected chi connectivity index (χ1v) is 11.6. The number of aromatic nitrogens is 1. The minimum atomic E-state index is -0.0331. The highest BCUT2D eigenvalue weighted by Crippen LogP contribution is 2.37. The number of rotatable bonds is 5. The summed E-state index contributed by atoms with van der Waals surface area (Å²) in [5, 5.41) is 19.0. The molecule has 0 radical (unpaired) electrons. The lowest BCUT2D eigenvalue weighted by molar-refractivity contribution is 0.571. The molecule has 0 amide bonds. The van der Waals surface area contributed by atoms with Crippen LogP contribution in [0.3, 0.4) is 0 Å². The molecule has 0 aliphatic carbocycles. The fourth-order valence-corrected chi connectivity index (χ4v) is 5.00. The third-order valence-corrected chi connectivity index (χ3v) is 6.65. The van der Waals surface area contributed by atoms with Crippen LogP contribution in [0.2, 0.25) is 0 Å². The summed E-state index contributed by atoms with van der Waals surface area (Å²) >= 11 is 1.47. The molecule has 0 unspecified atom stereocenters. The molecule has 0 aliphatic heterocycles. The van der Waals surface area contributed by atoms with Gasteiger partial charge in [-0.05, 0) is 49.4 Å². The lowest BCUT2D eigenvalue weighted by Crippen LogP contribution is -1.95. The van der Waals surface area contributed by atoms with Crippen molar-refractivity contribution in [1.82, 2.24) is 4.57 Å². The Morgan fingerprint density at radius 3 is 2.44 bits per heavy atom. The van der Waals surface area contributed by atoms with E-state index in [-0.39, 0.29) is 11.4 Å². The first-order valence-electron chi connectivity index (χ1n) is 10.8. The first-order chi connectivity index (χ1) is 17.6. The molecule has 0 N–H and O–H groups in total. The summed E-state index contributed by atoms with van der Waals surface area (Å²) in [4.78, 5) is 7.18. The van der Waals surface area contributed by atoms with E-state index in [2.05, 4.69) is 33.3 Å². The van der Waals surface area contributed by atoms with E-state index in [0.29, 0.717) is 17.1 Å². The minimum absolute atomic E-state index is 0.0331. The number of aryl methyl sites for hydroxylation is 1. The largest absolute Gasteiger partial charge is 0.458 e. The highest BCUT2D eigenvalue weighted by Gasteiger charge is 2.17. The molecular weight excluding hydrogens is 470 g/mol. The van der Waals surface area contributed by atoms with Gasteiger partial charge in [-0.1, -0.05) is 12.1 Å². The van der Waals surface area contributed by atoms with Crippen LogP contribution >= 0.6 is 11.3 Å². The van der Waals surface area contributed by atoms with Crippen LogP contribution in [-0.2, 0) is 6.54 Å². The average molecular weight is 486 g/mol. The Morgan fingerprint density at radius 1 is 0.972 bits per heavy atom. The molecule has 4 aromatic heterocycles. The van der Waals surface area contributed by atoms with E-state index in [1.807, 2.05) is 42.5 Å². The number of hydrogen-bond donors (Lipinski definition) is 0. The summed E-state index contributed by atoms with van der Waals surface area (Å²) in [7, 11) is 0. The Morgan fingerprint density at radius 2 is 1.75 bits per heavy atom. The fraction of sp³-hybridized carbons (Fsp3) is 0.0714. The van der Waals surface area contributed by atoms with Crippen molar-refractivity contribution in [2.24, 2.45) is 0 Å². The lowest BCUT2D eigenvalue weighted by atomic mass is 10.1. The predicted molar refractivity (Wildman–Crippen MR) is 139 cm³/mol. The molecule has 0 spiro atoms. The summed E-state index contributed by atoms with van der Waals surface area (Å²) < 4.78 is 15.1. The Balaban J connectivity index is 1.53. The van der Waals surface area contributed by atoms with E-state index in [4.69, 9.17) is 32.5 Å². The second-order valence-electron chi connectivity index (χ2n) is 7.74. The van der Waals surface area contributed by atoms with Gasteiger partial charge in [0.2, 0.25) is 0 Å². The van der Waals surface area contributed by atoms with E-state index in [9.17, 15) is 0 Å². The van der Waals surface area contributed by atoms with Gasteiger partial charge in [0.1, 0.15) is 17.1 Å². The molecule has 0 fully saturated rings. The van der Waals surface area contributed by atoms with Crippen molar-refractivity contribution in [2.75, 3.05) is 0 Å². The fourth-order valence-electron chi connectivity index (χ4n) is 4.04. The Hall–Kier alpha value is -5.28. The van der Waals surface area contributed by atoms with Crippen LogP contribution in [0.5, 0.6) is 0 Å². The van der Waals surface area contributed by atoms with Crippen LogP contribution in [0.15, 0.2) is 68.8 Å². The topological polar surface area (TPSA) is 87.5 Å². The molecular formula is C28H15N5O2S. The van der Waals surface area contributed by atoms with Gasteiger partial charge in [0.15, 0.2) is 5.76 Å². The maximum Gasteiger partial charge on any atom is 0.265 e. The first kappa shape index (κ1) is 22.5. The summed E-state index contributed by atoms with van der Waals surface area (Å²) in [5.41, 5.74) is 3.57. The molecule has 170 valence electrons. The molecule has 0 bridgehead atoms. The second-order valence-corrected chi connectivity index (χ2v) is 8.86. The number of furan rings is 2. The van der Waals surface area contributed by atoms with Crippen LogP contribution in [0.1, 0.15) is 17.6 Å². The molecule has 0 saturated carbocycles. The Labute approximate surface area is 210 Å². The third-order valence-electron chi connectivity index (χ3n) is 5.64. The normalized spacial score (nSPS) is 11.8. The maximum absolute atomic E-state index is 9.00. The third kappa shape index (κ3) is 3.95. The molecule has 5 rings (SSSR count). The predicted octanol–water partition coefficient (Wildman–Crippen LogP) is 7.96. The number of allylic oxidation sites excluding steroid dienone is 2. The van der Waals surface area contributed by atoms with E-state index in [0.717, 1.165) is 44.0 Å². The van der Waals surface area contributed by atoms with Crippen molar-refractivity contribution in [1.29, 1.82) is 10.5 Å². The van der Waals surface area contributed by atoms with Crippen LogP contribution in [0, 0.1) is 35.8 Å². The van der Waals surface area contributed by atoms with Gasteiger partial charge < -0.3 is 13.4 Å². The standard InChI is InChI=1S/C28H15N5O2S/c1-4-33-23-10-18(25-8-7-21(34-25)11-19(15-29)31-2)6-5-17(23)9-24(33)26-14-28-27(35-26)13-22(36-28)12-20(16-30)32-3/h5-14H,4H2,1H3/b19-11-,20-12+. The van der Waals surface area contributed by atoms with Crippen LogP contribution in [0.25, 0.3) is 65.8 Å². The Kier molecular flexibility index (Phi) is 5.73. The van der Waals surface area contributed by atoms with Gasteiger partial charge in [0.25, 0.3) is 11.4 Å². The number of thiophene rings is 1.